The highest BCUT2D eigenvalue weighted by atomic mass is 16.5. The van der Waals surface area contributed by atoms with Crippen molar-refractivity contribution in [3.8, 4) is 0 Å². The lowest BCUT2D eigenvalue weighted by molar-refractivity contribution is -0.0373. The van der Waals surface area contributed by atoms with E-state index in [1.54, 1.807) is 0 Å². The highest BCUT2D eigenvalue weighted by Gasteiger charge is 2.27. The van der Waals surface area contributed by atoms with Crippen LogP contribution >= 0.6 is 0 Å². The van der Waals surface area contributed by atoms with Crippen LogP contribution in [0.4, 0.5) is 0 Å². The molecule has 0 spiro atoms. The molecular formula is C16H28N4O. The Hall–Kier alpha value is -0.910. The molecule has 2 fully saturated rings. The van der Waals surface area contributed by atoms with E-state index in [1.807, 2.05) is 11.7 Å². The molecule has 0 bridgehead atoms. The first-order valence-electron chi connectivity index (χ1n) is 8.12. The zero-order chi connectivity index (χ0) is 14.8. The second-order valence-corrected chi connectivity index (χ2v) is 6.81. The number of rotatable bonds is 6. The van der Waals surface area contributed by atoms with Crippen LogP contribution in [0.2, 0.25) is 0 Å². The van der Waals surface area contributed by atoms with Crippen molar-refractivity contribution < 1.29 is 4.74 Å². The fraction of sp³-hybridized carbons (Fsp3) is 0.812. The van der Waals surface area contributed by atoms with Crippen LogP contribution in [0.5, 0.6) is 0 Å². The van der Waals surface area contributed by atoms with Gasteiger partial charge >= 0.3 is 0 Å². The summed E-state index contributed by atoms with van der Waals surface area (Å²) in [6, 6.07) is 0. The number of hydrogen-bond donors (Lipinski definition) is 0. The first-order valence-corrected chi connectivity index (χ1v) is 8.12. The summed E-state index contributed by atoms with van der Waals surface area (Å²) in [5.74, 6) is 0.906. The van der Waals surface area contributed by atoms with E-state index in [0.29, 0.717) is 6.10 Å². The Kier molecular flexibility index (Phi) is 4.62. The molecule has 1 aromatic rings. The summed E-state index contributed by atoms with van der Waals surface area (Å²) in [5, 5.41) is 4.47. The molecular weight excluding hydrogens is 264 g/mol. The normalized spacial score (nSPS) is 23.9. The average molecular weight is 292 g/mol. The summed E-state index contributed by atoms with van der Waals surface area (Å²) in [6.45, 7) is 8.32. The van der Waals surface area contributed by atoms with Crippen molar-refractivity contribution >= 4 is 0 Å². The van der Waals surface area contributed by atoms with E-state index in [4.69, 9.17) is 4.74 Å². The molecule has 2 aliphatic rings. The Labute approximate surface area is 127 Å². The Morgan fingerprint density at radius 3 is 2.76 bits per heavy atom. The zero-order valence-electron chi connectivity index (χ0n) is 13.6. The minimum absolute atomic E-state index is 0.347. The molecule has 1 saturated heterocycles. The van der Waals surface area contributed by atoms with Gasteiger partial charge in [-0.3, -0.25) is 9.58 Å². The van der Waals surface area contributed by atoms with Gasteiger partial charge in [0.1, 0.15) is 0 Å². The molecule has 1 unspecified atom stereocenters. The van der Waals surface area contributed by atoms with Crippen LogP contribution in [-0.2, 0) is 18.3 Å². The Bertz CT molecular complexity index is 469. The third-order valence-electron chi connectivity index (χ3n) is 4.53. The summed E-state index contributed by atoms with van der Waals surface area (Å²) >= 11 is 0. The van der Waals surface area contributed by atoms with E-state index < -0.39 is 0 Å². The summed E-state index contributed by atoms with van der Waals surface area (Å²) in [5.41, 5.74) is 2.50. The van der Waals surface area contributed by atoms with Gasteiger partial charge in [0.25, 0.3) is 0 Å². The first kappa shape index (κ1) is 15.0. The maximum absolute atomic E-state index is 5.95. The Morgan fingerprint density at radius 1 is 1.33 bits per heavy atom. The monoisotopic (exact) mass is 292 g/mol. The fourth-order valence-electron chi connectivity index (χ4n) is 3.18. The quantitative estimate of drug-likeness (QED) is 0.791. The topological polar surface area (TPSA) is 33.5 Å². The molecule has 1 aromatic heterocycles. The SMILES string of the molecule is Cc1nn(C)cc1CN(CC1CC1)CC1CN(C)CCO1. The van der Waals surface area contributed by atoms with Gasteiger partial charge in [0, 0.05) is 51.5 Å². The molecule has 1 saturated carbocycles. The highest BCUT2D eigenvalue weighted by molar-refractivity contribution is 5.15. The van der Waals surface area contributed by atoms with Crippen LogP contribution in [0.1, 0.15) is 24.1 Å². The summed E-state index contributed by atoms with van der Waals surface area (Å²) in [7, 11) is 4.19. The van der Waals surface area contributed by atoms with Crippen molar-refractivity contribution in [3.63, 3.8) is 0 Å². The lowest BCUT2D eigenvalue weighted by Gasteiger charge is -2.34. The van der Waals surface area contributed by atoms with Crippen molar-refractivity contribution in [1.82, 2.24) is 19.6 Å². The number of morpholine rings is 1. The molecule has 1 aliphatic heterocycles. The van der Waals surface area contributed by atoms with Crippen molar-refractivity contribution in [3.05, 3.63) is 17.5 Å². The van der Waals surface area contributed by atoms with Gasteiger partial charge in [-0.1, -0.05) is 0 Å². The third-order valence-corrected chi connectivity index (χ3v) is 4.53. The third kappa shape index (κ3) is 4.28. The maximum atomic E-state index is 5.95. The molecule has 1 aliphatic carbocycles. The van der Waals surface area contributed by atoms with E-state index in [0.717, 1.165) is 44.4 Å². The second kappa shape index (κ2) is 6.46. The molecule has 3 rings (SSSR count). The zero-order valence-corrected chi connectivity index (χ0v) is 13.6. The minimum Gasteiger partial charge on any atom is -0.374 e. The maximum Gasteiger partial charge on any atom is 0.0829 e. The van der Waals surface area contributed by atoms with Gasteiger partial charge in [0.15, 0.2) is 0 Å². The van der Waals surface area contributed by atoms with Crippen molar-refractivity contribution in [2.75, 3.05) is 39.8 Å². The van der Waals surface area contributed by atoms with Gasteiger partial charge in [-0.2, -0.15) is 5.10 Å². The van der Waals surface area contributed by atoms with Gasteiger partial charge in [-0.05, 0) is 32.7 Å². The van der Waals surface area contributed by atoms with Crippen LogP contribution in [-0.4, -0.2) is 65.5 Å². The highest BCUT2D eigenvalue weighted by Crippen LogP contribution is 2.30. The van der Waals surface area contributed by atoms with Gasteiger partial charge in [-0.25, -0.2) is 0 Å². The predicted octanol–water partition coefficient (Wildman–Crippen LogP) is 1.27. The number of ether oxygens (including phenoxy) is 1. The van der Waals surface area contributed by atoms with Crippen LogP contribution in [0.25, 0.3) is 0 Å². The van der Waals surface area contributed by atoms with Crippen LogP contribution in [0.3, 0.4) is 0 Å². The van der Waals surface area contributed by atoms with Gasteiger partial charge in [-0.15, -0.1) is 0 Å². The van der Waals surface area contributed by atoms with Crippen LogP contribution < -0.4 is 0 Å². The summed E-state index contributed by atoms with van der Waals surface area (Å²) in [4.78, 5) is 4.95. The minimum atomic E-state index is 0.347. The summed E-state index contributed by atoms with van der Waals surface area (Å²) < 4.78 is 7.87. The first-order chi connectivity index (χ1) is 10.1. The van der Waals surface area contributed by atoms with Gasteiger partial charge in [0.2, 0.25) is 0 Å². The molecule has 0 amide bonds. The number of hydrogen-bond acceptors (Lipinski definition) is 4. The van der Waals surface area contributed by atoms with Gasteiger partial charge < -0.3 is 9.64 Å². The molecule has 5 heteroatoms. The molecule has 2 heterocycles. The Balaban J connectivity index is 1.61. The molecule has 21 heavy (non-hydrogen) atoms. The second-order valence-electron chi connectivity index (χ2n) is 6.81. The van der Waals surface area contributed by atoms with E-state index >= 15 is 0 Å². The van der Waals surface area contributed by atoms with Crippen LogP contribution in [0, 0.1) is 12.8 Å². The molecule has 0 N–H and O–H groups in total. The summed E-state index contributed by atoms with van der Waals surface area (Å²) in [6.07, 6.45) is 5.30. The van der Waals surface area contributed by atoms with Crippen LogP contribution in [0.15, 0.2) is 6.20 Å². The van der Waals surface area contributed by atoms with E-state index in [2.05, 4.69) is 35.1 Å². The fourth-order valence-corrected chi connectivity index (χ4v) is 3.18. The van der Waals surface area contributed by atoms with E-state index in [1.165, 1.54) is 24.9 Å². The lowest BCUT2D eigenvalue weighted by atomic mass is 10.2. The number of aryl methyl sites for hydroxylation is 2. The number of nitrogens with zero attached hydrogens (tertiary/aromatic N) is 4. The van der Waals surface area contributed by atoms with Crippen molar-refractivity contribution in [2.24, 2.45) is 13.0 Å². The molecule has 5 nitrogen and oxygen atoms in total. The van der Waals surface area contributed by atoms with E-state index in [-0.39, 0.29) is 0 Å². The van der Waals surface area contributed by atoms with Crippen molar-refractivity contribution in [2.45, 2.75) is 32.4 Å². The Morgan fingerprint density at radius 2 is 2.14 bits per heavy atom. The lowest BCUT2D eigenvalue weighted by Crippen LogP contribution is -2.46. The standard InChI is InChI=1S/C16H28N4O/c1-13-15(9-19(3)17-13)10-20(8-14-4-5-14)12-16-11-18(2)6-7-21-16/h9,14,16H,4-8,10-12H2,1-3H3. The van der Waals surface area contributed by atoms with Crippen molar-refractivity contribution in [1.29, 1.82) is 0 Å². The van der Waals surface area contributed by atoms with E-state index in [9.17, 15) is 0 Å². The predicted molar refractivity (Wildman–Crippen MR) is 83.2 cm³/mol. The molecule has 118 valence electrons. The number of likely N-dealkylation sites (N-methyl/N-ethyl adjacent to an activating group) is 1. The number of aromatic nitrogens is 2. The largest absolute Gasteiger partial charge is 0.374 e. The smallest absolute Gasteiger partial charge is 0.0829 e. The molecule has 1 atom stereocenters. The average Bonchev–Trinajstić information content (AvgIpc) is 3.16. The van der Waals surface area contributed by atoms with Gasteiger partial charge in [0.05, 0.1) is 18.4 Å². The molecule has 0 aromatic carbocycles. The molecule has 0 radical (unpaired) electrons.